The summed E-state index contributed by atoms with van der Waals surface area (Å²) in [4.78, 5) is 72.7. The fourth-order valence-corrected chi connectivity index (χ4v) is 30.0. The van der Waals surface area contributed by atoms with E-state index in [-0.39, 0.29) is 25.9 Å². The van der Waals surface area contributed by atoms with Crippen molar-refractivity contribution >= 4 is 165 Å². The molecule has 0 atom stereocenters. The van der Waals surface area contributed by atoms with E-state index in [1.54, 1.807) is 141 Å². The number of thioether (sulfide) groups is 12. The molecule has 1 radical (unpaired) electrons. The summed E-state index contributed by atoms with van der Waals surface area (Å²) in [6, 6.07) is 0. The van der Waals surface area contributed by atoms with E-state index in [0.717, 1.165) is 80.5 Å². The summed E-state index contributed by atoms with van der Waals surface area (Å²) >= 11 is 20.6. The Balaban J connectivity index is 1.16. The number of hydrogen-bond donors (Lipinski definition) is 2. The molecule has 0 bridgehead atoms. The van der Waals surface area contributed by atoms with Gasteiger partial charge in [0.25, 0.3) is 5.91 Å². The summed E-state index contributed by atoms with van der Waals surface area (Å²) in [6.45, 7) is 35.7. The van der Waals surface area contributed by atoms with E-state index in [2.05, 4.69) is 83.1 Å². The van der Waals surface area contributed by atoms with Crippen LogP contribution in [0.4, 0.5) is 0 Å². The van der Waals surface area contributed by atoms with Gasteiger partial charge in [0.2, 0.25) is 5.91 Å². The zero-order chi connectivity index (χ0) is 55.3. The summed E-state index contributed by atoms with van der Waals surface area (Å²) in [5.74, 6) is -2.61. The van der Waals surface area contributed by atoms with Gasteiger partial charge < -0.3 is 20.0 Å². The molecule has 10 nitrogen and oxygen atoms in total. The van der Waals surface area contributed by atoms with E-state index < -0.39 is 45.3 Å². The molecular weight excluding hydrogens is 1190 g/mol. The summed E-state index contributed by atoms with van der Waals surface area (Å²) < 4.78 is -2.32. The Morgan fingerprint density at radius 3 is 0.895 bits per heavy atom. The number of carbonyl (C=O) groups excluding carboxylic acids is 2. The standard InChI is InChI=1S/C54H64N3O7S12/c1-47(2)21-23(22-48(3,4)57(47)64)43(58)55-17-19-56(20-18-55)44(59)28-37-31(65-49(5,6)71-37)25(32-38(28)72-50(7,8)66-32)24(26-33-39(73-51(9,10)67-33)29(45(60)61)40-34(26)68-52(11,12)74-40)27-35-41(75-53(13,14)69-35)30(46(62)63)42-36(27)70-54(15,16)76-42/h23-24H,17-22H2,1-16H3,(H,60,61)(H,62,63). The van der Waals surface area contributed by atoms with E-state index >= 15 is 4.79 Å². The summed E-state index contributed by atoms with van der Waals surface area (Å²) in [5, 5.41) is 37.0. The van der Waals surface area contributed by atoms with Crippen LogP contribution in [0.1, 0.15) is 177 Å². The van der Waals surface area contributed by atoms with Gasteiger partial charge in [-0.25, -0.2) is 9.59 Å². The minimum absolute atomic E-state index is 0.0359. The molecule has 2 amide bonds. The van der Waals surface area contributed by atoms with Gasteiger partial charge >= 0.3 is 11.9 Å². The highest BCUT2D eigenvalue weighted by atomic mass is 32.2. The molecule has 3 aromatic rings. The SMILES string of the molecule is CC1(C)Sc2c(c(C(c3c4c(c(C(=O)O)c5c3SC(C)(C)S5)SC(C)(C)S4)c3c4c(c(C(=O)N5CCN(C(=O)C6CC(C)(C)N([O])C(C)(C)C6)CC5)c5c3SC(C)(C)S5)SC(C)(C)S4)c3c(c2C(=O)O)SC(C)(C)S3)S1. The number of nitrogens with zero attached hydrogens (tertiary/aromatic N) is 3. The maximum Gasteiger partial charge on any atom is 0.338 e. The third-order valence-corrected chi connectivity index (χ3v) is 31.7. The van der Waals surface area contributed by atoms with Gasteiger partial charge in [0.15, 0.2) is 0 Å². The van der Waals surface area contributed by atoms with Crippen LogP contribution in [0, 0.1) is 5.92 Å². The van der Waals surface area contributed by atoms with Crippen LogP contribution >= 0.6 is 141 Å². The molecule has 2 saturated heterocycles. The van der Waals surface area contributed by atoms with Crippen LogP contribution < -0.4 is 0 Å². The summed E-state index contributed by atoms with van der Waals surface area (Å²) in [5.41, 5.74) is 3.39. The molecular formula is C54H64N3O7S12. The zero-order valence-electron chi connectivity index (χ0n) is 45.6. The number of amides is 2. The molecule has 2 N–H and O–H groups in total. The number of benzene rings is 3. The predicted molar refractivity (Wildman–Crippen MR) is 325 cm³/mol. The number of carbonyl (C=O) groups is 4. The lowest BCUT2D eigenvalue weighted by Crippen LogP contribution is -2.61. The average molecular weight is 1250 g/mol. The van der Waals surface area contributed by atoms with Crippen LogP contribution in [-0.4, -0.2) is 111 Å². The lowest BCUT2D eigenvalue weighted by Gasteiger charge is -2.50. The molecule has 22 heteroatoms. The van der Waals surface area contributed by atoms with Crippen molar-refractivity contribution in [2.45, 2.75) is 224 Å². The third kappa shape index (κ3) is 9.76. The Labute approximate surface area is 498 Å². The lowest BCUT2D eigenvalue weighted by atomic mass is 9.74. The van der Waals surface area contributed by atoms with Crippen molar-refractivity contribution in [3.8, 4) is 0 Å². The van der Waals surface area contributed by atoms with Gasteiger partial charge in [0.1, 0.15) is 0 Å². The van der Waals surface area contributed by atoms with Crippen LogP contribution in [0.25, 0.3) is 0 Å². The van der Waals surface area contributed by atoms with Crippen molar-refractivity contribution in [1.29, 1.82) is 0 Å². The van der Waals surface area contributed by atoms with Crippen molar-refractivity contribution in [1.82, 2.24) is 14.9 Å². The molecule has 0 unspecified atom stereocenters. The number of hydrogen-bond acceptors (Lipinski definition) is 17. The number of aromatic carboxylic acids is 2. The van der Waals surface area contributed by atoms with Crippen LogP contribution in [-0.2, 0) is 10.0 Å². The first-order chi connectivity index (χ1) is 34.9. The maximum absolute atomic E-state index is 15.9. The number of carboxylic acid groups (broad SMARTS) is 2. The number of fused-ring (bicyclic) bond motifs is 6. The summed E-state index contributed by atoms with van der Waals surface area (Å²) in [6.07, 6.45) is 0.970. The molecule has 0 aromatic heterocycles. The second-order valence-corrected chi connectivity index (χ2v) is 45.8. The second-order valence-electron chi connectivity index (χ2n) is 24.6. The van der Waals surface area contributed by atoms with Gasteiger partial charge in [0, 0.05) is 108 Å². The molecule has 0 saturated carbocycles. The number of hydroxylamine groups is 2. The fraction of sp³-hybridized carbons (Fsp3) is 0.593. The van der Waals surface area contributed by atoms with Crippen LogP contribution in [0.3, 0.4) is 0 Å². The molecule has 3 aromatic carbocycles. The normalized spacial score (nSPS) is 24.6. The van der Waals surface area contributed by atoms with Gasteiger partial charge in [0.05, 0.1) is 41.2 Å². The number of piperidine rings is 1. The predicted octanol–water partition coefficient (Wildman–Crippen LogP) is 16.8. The molecule has 8 aliphatic heterocycles. The highest BCUT2D eigenvalue weighted by molar-refractivity contribution is 8.23. The number of rotatable bonds is 7. The monoisotopic (exact) mass is 1250 g/mol. The van der Waals surface area contributed by atoms with Gasteiger partial charge in [-0.1, -0.05) is 0 Å². The van der Waals surface area contributed by atoms with Crippen molar-refractivity contribution < 1.29 is 34.6 Å². The molecule has 0 spiro atoms. The highest BCUT2D eigenvalue weighted by Gasteiger charge is 2.55. The lowest BCUT2D eigenvalue weighted by molar-refractivity contribution is -0.293. The highest BCUT2D eigenvalue weighted by Crippen LogP contribution is 2.75. The minimum atomic E-state index is -0.933. The fourth-order valence-electron chi connectivity index (χ4n) is 12.1. The molecule has 2 fully saturated rings. The van der Waals surface area contributed by atoms with Crippen LogP contribution in [0.15, 0.2) is 58.7 Å². The Morgan fingerprint density at radius 2 is 0.632 bits per heavy atom. The molecule has 0 aliphatic carbocycles. The summed E-state index contributed by atoms with van der Waals surface area (Å²) in [7, 11) is 0. The Morgan fingerprint density at radius 1 is 0.395 bits per heavy atom. The van der Waals surface area contributed by atoms with Crippen molar-refractivity contribution in [2.24, 2.45) is 5.92 Å². The zero-order valence-corrected chi connectivity index (χ0v) is 55.4. The van der Waals surface area contributed by atoms with E-state index in [1.165, 1.54) is 0 Å². The molecule has 11 rings (SSSR count). The average Bonchev–Trinajstić information content (AvgIpc) is 4.09. The molecule has 76 heavy (non-hydrogen) atoms. The smallest absolute Gasteiger partial charge is 0.338 e. The largest absolute Gasteiger partial charge is 0.478 e. The van der Waals surface area contributed by atoms with Crippen molar-refractivity contribution in [2.75, 3.05) is 26.2 Å². The van der Waals surface area contributed by atoms with Gasteiger partial charge in [-0.2, -0.15) is 0 Å². The van der Waals surface area contributed by atoms with E-state index in [1.807, 2.05) is 37.5 Å². The van der Waals surface area contributed by atoms with Crippen LogP contribution in [0.5, 0.6) is 0 Å². The second kappa shape index (κ2) is 18.8. The number of carboxylic acids is 2. The Hall–Kier alpha value is -0.340. The van der Waals surface area contributed by atoms with Crippen LogP contribution in [0.2, 0.25) is 0 Å². The molecule has 8 heterocycles. The topological polar surface area (TPSA) is 138 Å². The third-order valence-electron chi connectivity index (χ3n) is 14.6. The Bertz CT molecular complexity index is 2880. The van der Waals surface area contributed by atoms with E-state index in [4.69, 9.17) is 0 Å². The number of piperazine rings is 1. The minimum Gasteiger partial charge on any atom is -0.478 e. The first-order valence-electron chi connectivity index (χ1n) is 25.4. The first kappa shape index (κ1) is 57.5. The Kier molecular flexibility index (Phi) is 14.2. The van der Waals surface area contributed by atoms with Gasteiger partial charge in [-0.3, -0.25) is 9.59 Å². The quantitative estimate of drug-likeness (QED) is 0.217. The van der Waals surface area contributed by atoms with E-state index in [9.17, 15) is 29.8 Å². The van der Waals surface area contributed by atoms with Gasteiger partial charge in [-0.15, -0.1) is 151 Å². The first-order valence-corrected chi connectivity index (χ1v) is 35.2. The molecule has 409 valence electrons. The van der Waals surface area contributed by atoms with E-state index in [0.29, 0.717) is 55.7 Å². The van der Waals surface area contributed by atoms with Crippen molar-refractivity contribution in [3.05, 3.63) is 33.4 Å². The maximum atomic E-state index is 15.9. The van der Waals surface area contributed by atoms with Gasteiger partial charge in [-0.05, 0) is 140 Å². The van der Waals surface area contributed by atoms with Crippen molar-refractivity contribution in [3.63, 3.8) is 0 Å². The molecule has 8 aliphatic rings.